The van der Waals surface area contributed by atoms with Crippen LogP contribution in [0, 0.1) is 0 Å². The summed E-state index contributed by atoms with van der Waals surface area (Å²) in [5.41, 5.74) is 0.536. The van der Waals surface area contributed by atoms with Crippen molar-refractivity contribution < 1.29 is 19.5 Å². The average Bonchev–Trinajstić information content (AvgIpc) is 3.12. The maximum Gasteiger partial charge on any atom is 0.328 e. The van der Waals surface area contributed by atoms with Gasteiger partial charge in [0.05, 0.1) is 11.4 Å². The molecule has 7 heteroatoms. The number of hydrogen-bond donors (Lipinski definition) is 2. The molecule has 1 aliphatic heterocycles. The minimum atomic E-state index is -1.07. The van der Waals surface area contributed by atoms with E-state index in [0.29, 0.717) is 10.4 Å². The van der Waals surface area contributed by atoms with Gasteiger partial charge in [0.25, 0.3) is 5.91 Å². The predicted molar refractivity (Wildman–Crippen MR) is 79.1 cm³/mol. The van der Waals surface area contributed by atoms with Gasteiger partial charge in [0.2, 0.25) is 5.91 Å². The van der Waals surface area contributed by atoms with Gasteiger partial charge in [-0.15, -0.1) is 11.3 Å². The summed E-state index contributed by atoms with van der Waals surface area (Å²) < 4.78 is 0. The summed E-state index contributed by atoms with van der Waals surface area (Å²) >= 11 is 1.21. The number of amides is 2. The number of rotatable bonds is 5. The van der Waals surface area contributed by atoms with Crippen molar-refractivity contribution in [2.24, 2.45) is 0 Å². The number of likely N-dealkylation sites (tertiary alicyclic amines) is 1. The quantitative estimate of drug-likeness (QED) is 0.800. The Morgan fingerprint density at radius 1 is 1.33 bits per heavy atom. The third kappa shape index (κ3) is 4.16. The molecule has 2 heterocycles. The number of nitrogens with one attached hydrogen (secondary N) is 1. The van der Waals surface area contributed by atoms with E-state index in [1.165, 1.54) is 17.4 Å². The number of carbonyl (C=O) groups is 3. The molecule has 0 radical (unpaired) electrons. The van der Waals surface area contributed by atoms with E-state index in [9.17, 15) is 14.4 Å². The van der Waals surface area contributed by atoms with Gasteiger partial charge < -0.3 is 15.3 Å². The molecule has 0 bridgehead atoms. The second-order valence-electron chi connectivity index (χ2n) is 4.65. The molecule has 0 atom stereocenters. The predicted octanol–water partition coefficient (Wildman–Crippen LogP) is 1.20. The van der Waals surface area contributed by atoms with E-state index in [-0.39, 0.29) is 18.4 Å². The van der Waals surface area contributed by atoms with Crippen LogP contribution in [0.1, 0.15) is 28.1 Å². The molecule has 0 unspecified atom stereocenters. The summed E-state index contributed by atoms with van der Waals surface area (Å²) in [6.45, 7) is 1.47. The monoisotopic (exact) mass is 308 g/mol. The summed E-state index contributed by atoms with van der Waals surface area (Å²) in [5, 5.41) is 12.9. The Kier molecular flexibility index (Phi) is 5.10. The molecule has 1 aromatic heterocycles. The van der Waals surface area contributed by atoms with Crippen LogP contribution in [-0.2, 0) is 9.59 Å². The Hall–Kier alpha value is -2.15. The van der Waals surface area contributed by atoms with Gasteiger partial charge in [0.15, 0.2) is 0 Å². The molecule has 0 aliphatic carbocycles. The number of carboxylic acid groups (broad SMARTS) is 1. The SMILES string of the molecule is O=C(O)/C=C/c1ccsc1C(=O)NCC(=O)N1CCCC1. The summed E-state index contributed by atoms with van der Waals surface area (Å²) in [5.74, 6) is -1.51. The van der Waals surface area contributed by atoms with E-state index >= 15 is 0 Å². The zero-order valence-electron chi connectivity index (χ0n) is 11.4. The molecule has 0 saturated carbocycles. The maximum absolute atomic E-state index is 12.0. The van der Waals surface area contributed by atoms with E-state index in [1.54, 1.807) is 16.3 Å². The number of thiophene rings is 1. The van der Waals surface area contributed by atoms with Crippen molar-refractivity contribution in [2.45, 2.75) is 12.8 Å². The lowest BCUT2D eigenvalue weighted by molar-refractivity contribution is -0.131. The van der Waals surface area contributed by atoms with Crippen molar-refractivity contribution in [3.63, 3.8) is 0 Å². The van der Waals surface area contributed by atoms with Crippen LogP contribution in [-0.4, -0.2) is 47.4 Å². The largest absolute Gasteiger partial charge is 0.478 e. The summed E-state index contributed by atoms with van der Waals surface area (Å²) in [7, 11) is 0. The molecule has 21 heavy (non-hydrogen) atoms. The van der Waals surface area contributed by atoms with Crippen LogP contribution < -0.4 is 5.32 Å². The second-order valence-corrected chi connectivity index (χ2v) is 5.56. The first kappa shape index (κ1) is 15.2. The fourth-order valence-electron chi connectivity index (χ4n) is 2.11. The molecule has 1 aliphatic rings. The summed E-state index contributed by atoms with van der Waals surface area (Å²) in [6, 6.07) is 1.67. The number of carboxylic acids is 1. The second kappa shape index (κ2) is 7.03. The minimum Gasteiger partial charge on any atom is -0.478 e. The van der Waals surface area contributed by atoms with Crippen LogP contribution in [0.4, 0.5) is 0 Å². The first-order valence-electron chi connectivity index (χ1n) is 6.62. The van der Waals surface area contributed by atoms with Crippen molar-refractivity contribution in [3.8, 4) is 0 Å². The highest BCUT2D eigenvalue weighted by Gasteiger charge is 2.19. The van der Waals surface area contributed by atoms with Gasteiger partial charge >= 0.3 is 5.97 Å². The van der Waals surface area contributed by atoms with Crippen molar-refractivity contribution in [1.82, 2.24) is 10.2 Å². The average molecular weight is 308 g/mol. The molecule has 1 saturated heterocycles. The van der Waals surface area contributed by atoms with Crippen molar-refractivity contribution in [1.29, 1.82) is 0 Å². The van der Waals surface area contributed by atoms with Crippen LogP contribution in [0.5, 0.6) is 0 Å². The Bertz CT molecular complexity index is 573. The molecule has 6 nitrogen and oxygen atoms in total. The van der Waals surface area contributed by atoms with Crippen LogP contribution in [0.3, 0.4) is 0 Å². The molecular weight excluding hydrogens is 292 g/mol. The number of aliphatic carboxylic acids is 1. The number of carbonyl (C=O) groups excluding carboxylic acids is 2. The zero-order valence-corrected chi connectivity index (χ0v) is 12.2. The highest BCUT2D eigenvalue weighted by Crippen LogP contribution is 2.18. The van der Waals surface area contributed by atoms with Crippen molar-refractivity contribution in [3.05, 3.63) is 28.0 Å². The Balaban J connectivity index is 1.93. The van der Waals surface area contributed by atoms with Gasteiger partial charge in [-0.05, 0) is 35.9 Å². The van der Waals surface area contributed by atoms with Crippen LogP contribution in [0.2, 0.25) is 0 Å². The van der Waals surface area contributed by atoms with Gasteiger partial charge in [-0.3, -0.25) is 9.59 Å². The van der Waals surface area contributed by atoms with E-state index < -0.39 is 5.97 Å². The van der Waals surface area contributed by atoms with Gasteiger partial charge in [0.1, 0.15) is 0 Å². The molecule has 0 spiro atoms. The fraction of sp³-hybridized carbons (Fsp3) is 0.357. The van der Waals surface area contributed by atoms with E-state index in [2.05, 4.69) is 5.32 Å². The van der Waals surface area contributed by atoms with Crippen LogP contribution >= 0.6 is 11.3 Å². The lowest BCUT2D eigenvalue weighted by Crippen LogP contribution is -2.38. The smallest absolute Gasteiger partial charge is 0.328 e. The fourth-order valence-corrected chi connectivity index (χ4v) is 2.91. The molecule has 112 valence electrons. The highest BCUT2D eigenvalue weighted by molar-refractivity contribution is 7.12. The van der Waals surface area contributed by atoms with E-state index in [0.717, 1.165) is 32.0 Å². The van der Waals surface area contributed by atoms with Crippen molar-refractivity contribution >= 4 is 35.2 Å². The first-order chi connectivity index (χ1) is 10.1. The Morgan fingerprint density at radius 2 is 2.05 bits per heavy atom. The minimum absolute atomic E-state index is 0.0290. The molecule has 2 N–H and O–H groups in total. The normalized spacial score (nSPS) is 14.6. The lowest BCUT2D eigenvalue weighted by Gasteiger charge is -2.15. The first-order valence-corrected chi connectivity index (χ1v) is 7.50. The lowest BCUT2D eigenvalue weighted by atomic mass is 10.2. The molecule has 2 amide bonds. The zero-order chi connectivity index (χ0) is 15.2. The van der Waals surface area contributed by atoms with Gasteiger partial charge in [-0.25, -0.2) is 4.79 Å². The molecular formula is C14H16N2O4S. The molecule has 0 aromatic carbocycles. The molecule has 2 rings (SSSR count). The molecule has 1 fully saturated rings. The topological polar surface area (TPSA) is 86.7 Å². The number of hydrogen-bond acceptors (Lipinski definition) is 4. The third-order valence-corrected chi connectivity index (χ3v) is 4.10. The Labute approximate surface area is 126 Å². The van der Waals surface area contributed by atoms with E-state index in [4.69, 9.17) is 5.11 Å². The van der Waals surface area contributed by atoms with Crippen LogP contribution in [0.25, 0.3) is 6.08 Å². The Morgan fingerprint density at radius 3 is 2.71 bits per heavy atom. The third-order valence-electron chi connectivity index (χ3n) is 3.17. The highest BCUT2D eigenvalue weighted by atomic mass is 32.1. The molecule has 1 aromatic rings. The summed E-state index contributed by atoms with van der Waals surface area (Å²) in [6.07, 6.45) is 4.37. The van der Waals surface area contributed by atoms with Crippen LogP contribution in [0.15, 0.2) is 17.5 Å². The van der Waals surface area contributed by atoms with Gasteiger partial charge in [-0.2, -0.15) is 0 Å². The van der Waals surface area contributed by atoms with Gasteiger partial charge in [-0.1, -0.05) is 0 Å². The van der Waals surface area contributed by atoms with Crippen molar-refractivity contribution in [2.75, 3.05) is 19.6 Å². The summed E-state index contributed by atoms with van der Waals surface area (Å²) in [4.78, 5) is 36.5. The maximum atomic E-state index is 12.0. The van der Waals surface area contributed by atoms with E-state index in [1.807, 2.05) is 0 Å². The number of nitrogens with zero attached hydrogens (tertiary/aromatic N) is 1. The standard InChI is InChI=1S/C14H16N2O4S/c17-11(16-6-1-2-7-16)9-15-14(20)13-10(5-8-21-13)3-4-12(18)19/h3-5,8H,1-2,6-7,9H2,(H,15,20)(H,18,19)/b4-3+. The van der Waals surface area contributed by atoms with Gasteiger partial charge in [0, 0.05) is 19.2 Å².